The Balaban J connectivity index is 1.51. The number of para-hydroxylation sites is 1. The lowest BCUT2D eigenvalue weighted by Crippen LogP contribution is -2.38. The molecule has 0 spiro atoms. The maximum Gasteiger partial charge on any atom is 0.438 e. The van der Waals surface area contributed by atoms with Crippen molar-refractivity contribution in [2.45, 2.75) is 32.1 Å². The van der Waals surface area contributed by atoms with E-state index >= 15 is 0 Å². The molecule has 1 aromatic carbocycles. The lowest BCUT2D eigenvalue weighted by atomic mass is 9.96. The molecule has 0 bridgehead atoms. The van der Waals surface area contributed by atoms with Gasteiger partial charge in [0, 0.05) is 19.0 Å². The van der Waals surface area contributed by atoms with Gasteiger partial charge in [-0.1, -0.05) is 30.3 Å². The molecule has 0 unspecified atom stereocenters. The Morgan fingerprint density at radius 3 is 2.69 bits per heavy atom. The monoisotopic (exact) mass is 397 g/mol. The maximum atomic E-state index is 13.2. The molecule has 0 radical (unpaired) electrons. The average Bonchev–Trinajstić information content (AvgIpc) is 3.39. The first-order chi connectivity index (χ1) is 14.2. The van der Waals surface area contributed by atoms with E-state index in [2.05, 4.69) is 19.8 Å². The van der Waals surface area contributed by atoms with Gasteiger partial charge in [0.05, 0.1) is 18.5 Å². The molecular weight excluding hydrogens is 374 g/mol. The molecule has 1 aliphatic rings. The molecule has 1 amide bonds. The van der Waals surface area contributed by atoms with Crippen LogP contribution in [0.1, 0.15) is 48.4 Å². The summed E-state index contributed by atoms with van der Waals surface area (Å²) in [7, 11) is 0. The second-order valence-corrected chi connectivity index (χ2v) is 7.02. The third kappa shape index (κ3) is 4.08. The first-order valence-electron chi connectivity index (χ1n) is 9.78. The van der Waals surface area contributed by atoms with Crippen molar-refractivity contribution >= 4 is 5.91 Å². The molecule has 2 aromatic heterocycles. The Morgan fingerprint density at radius 1 is 1.28 bits per heavy atom. The average molecular weight is 397 g/mol. The van der Waals surface area contributed by atoms with Crippen LogP contribution in [0, 0.1) is 0 Å². The molecule has 1 fully saturated rings. The summed E-state index contributed by atoms with van der Waals surface area (Å²) in [5, 5.41) is 8.28. The van der Waals surface area contributed by atoms with Crippen molar-refractivity contribution in [1.29, 1.82) is 0 Å². The molecule has 0 aliphatic carbocycles. The fraction of sp³-hybridized carbons (Fsp3) is 0.400. The Bertz CT molecular complexity index is 1010. The van der Waals surface area contributed by atoms with Crippen LogP contribution in [0.25, 0.3) is 5.69 Å². The number of amides is 1. The quantitative estimate of drug-likeness (QED) is 0.684. The van der Waals surface area contributed by atoms with Crippen LogP contribution >= 0.6 is 0 Å². The van der Waals surface area contributed by atoms with E-state index in [0.717, 1.165) is 12.1 Å². The van der Waals surface area contributed by atoms with Crippen LogP contribution < -0.4 is 10.5 Å². The Labute approximate surface area is 167 Å². The van der Waals surface area contributed by atoms with E-state index in [1.165, 1.54) is 0 Å². The minimum Gasteiger partial charge on any atom is -0.489 e. The van der Waals surface area contributed by atoms with Crippen molar-refractivity contribution in [2.75, 3.05) is 19.7 Å². The summed E-state index contributed by atoms with van der Waals surface area (Å²) in [6, 6.07) is 9.62. The normalized spacial score (nSPS) is 14.9. The Hall–Kier alpha value is -3.36. The lowest BCUT2D eigenvalue weighted by Gasteiger charge is -2.30. The zero-order chi connectivity index (χ0) is 20.2. The number of nitrogens with zero attached hydrogens (tertiary/aromatic N) is 4. The van der Waals surface area contributed by atoms with E-state index in [1.807, 2.05) is 37.3 Å². The van der Waals surface area contributed by atoms with Crippen LogP contribution in [-0.2, 0) is 0 Å². The SMILES string of the molecule is CCCOc1cn(-c2ccccc2)nc1C(=O)N1CCC(c2noc(=O)[nH]2)CC1. The van der Waals surface area contributed by atoms with Crippen molar-refractivity contribution < 1.29 is 14.1 Å². The summed E-state index contributed by atoms with van der Waals surface area (Å²) in [5.41, 5.74) is 1.18. The van der Waals surface area contributed by atoms with Gasteiger partial charge in [-0.3, -0.25) is 14.3 Å². The van der Waals surface area contributed by atoms with E-state index in [0.29, 0.717) is 49.8 Å². The van der Waals surface area contributed by atoms with Crippen molar-refractivity contribution in [1.82, 2.24) is 24.8 Å². The third-order valence-corrected chi connectivity index (χ3v) is 4.99. The number of aromatic nitrogens is 4. The van der Waals surface area contributed by atoms with Crippen molar-refractivity contribution in [2.24, 2.45) is 0 Å². The molecule has 0 saturated carbocycles. The molecule has 1 aliphatic heterocycles. The van der Waals surface area contributed by atoms with Crippen LogP contribution in [0.2, 0.25) is 0 Å². The highest BCUT2D eigenvalue weighted by atomic mass is 16.5. The molecule has 29 heavy (non-hydrogen) atoms. The number of benzene rings is 1. The molecule has 1 N–H and O–H groups in total. The molecule has 9 nitrogen and oxygen atoms in total. The minimum atomic E-state index is -0.553. The van der Waals surface area contributed by atoms with Gasteiger partial charge in [0.2, 0.25) is 0 Å². The summed E-state index contributed by atoms with van der Waals surface area (Å²) in [4.78, 5) is 28.7. The van der Waals surface area contributed by atoms with Gasteiger partial charge in [-0.2, -0.15) is 5.10 Å². The molecule has 3 heterocycles. The smallest absolute Gasteiger partial charge is 0.438 e. The van der Waals surface area contributed by atoms with Gasteiger partial charge in [0.25, 0.3) is 5.91 Å². The van der Waals surface area contributed by atoms with Gasteiger partial charge in [-0.25, -0.2) is 9.48 Å². The van der Waals surface area contributed by atoms with E-state index in [4.69, 9.17) is 4.74 Å². The Morgan fingerprint density at radius 2 is 2.03 bits per heavy atom. The summed E-state index contributed by atoms with van der Waals surface area (Å²) in [6.45, 7) is 3.62. The largest absolute Gasteiger partial charge is 0.489 e. The summed E-state index contributed by atoms with van der Waals surface area (Å²) >= 11 is 0. The number of hydrogen-bond donors (Lipinski definition) is 1. The van der Waals surface area contributed by atoms with E-state index < -0.39 is 5.76 Å². The molecule has 3 aromatic rings. The number of ether oxygens (including phenoxy) is 1. The predicted octanol–water partition coefficient (Wildman–Crippen LogP) is 2.36. The second-order valence-electron chi connectivity index (χ2n) is 7.02. The molecule has 0 atom stereocenters. The first kappa shape index (κ1) is 19.0. The third-order valence-electron chi connectivity index (χ3n) is 4.99. The van der Waals surface area contributed by atoms with Gasteiger partial charge < -0.3 is 9.64 Å². The number of carbonyl (C=O) groups is 1. The predicted molar refractivity (Wildman–Crippen MR) is 104 cm³/mol. The molecular formula is C20H23N5O4. The molecule has 1 saturated heterocycles. The highest BCUT2D eigenvalue weighted by Gasteiger charge is 2.30. The number of carbonyl (C=O) groups excluding carboxylic acids is 1. The highest BCUT2D eigenvalue weighted by Crippen LogP contribution is 2.28. The standard InChI is InChI=1S/C20H23N5O4/c1-2-12-28-16-13-25(15-6-4-3-5-7-15)22-17(16)19(26)24-10-8-14(9-11-24)18-21-20(27)29-23-18/h3-7,13-14H,2,8-12H2,1H3,(H,21,23,27). The number of aromatic amines is 1. The number of likely N-dealkylation sites (tertiary alicyclic amines) is 1. The summed E-state index contributed by atoms with van der Waals surface area (Å²) in [5.74, 6) is 0.398. The van der Waals surface area contributed by atoms with E-state index in [1.54, 1.807) is 15.8 Å². The number of hydrogen-bond acceptors (Lipinski definition) is 6. The van der Waals surface area contributed by atoms with Crippen LogP contribution in [0.15, 0.2) is 45.8 Å². The number of nitrogens with one attached hydrogen (secondary N) is 1. The summed E-state index contributed by atoms with van der Waals surface area (Å²) in [6.07, 6.45) is 3.98. The van der Waals surface area contributed by atoms with Crippen LogP contribution in [-0.4, -0.2) is 50.4 Å². The number of H-pyrrole nitrogens is 1. The maximum absolute atomic E-state index is 13.2. The number of rotatable bonds is 6. The van der Waals surface area contributed by atoms with Crippen molar-refractivity contribution in [3.8, 4) is 11.4 Å². The van der Waals surface area contributed by atoms with E-state index in [-0.39, 0.29) is 11.8 Å². The fourth-order valence-electron chi connectivity index (χ4n) is 3.46. The van der Waals surface area contributed by atoms with E-state index in [9.17, 15) is 9.59 Å². The van der Waals surface area contributed by atoms with Crippen LogP contribution in [0.5, 0.6) is 5.75 Å². The van der Waals surface area contributed by atoms with Gasteiger partial charge in [-0.05, 0) is 31.4 Å². The highest BCUT2D eigenvalue weighted by molar-refractivity contribution is 5.95. The number of piperidine rings is 1. The molecule has 4 rings (SSSR count). The molecule has 152 valence electrons. The fourth-order valence-corrected chi connectivity index (χ4v) is 3.46. The topological polar surface area (TPSA) is 106 Å². The van der Waals surface area contributed by atoms with Crippen molar-refractivity contribution in [3.05, 3.63) is 58.6 Å². The molecule has 9 heteroatoms. The van der Waals surface area contributed by atoms with Crippen LogP contribution in [0.4, 0.5) is 0 Å². The zero-order valence-corrected chi connectivity index (χ0v) is 16.2. The van der Waals surface area contributed by atoms with Crippen LogP contribution in [0.3, 0.4) is 0 Å². The van der Waals surface area contributed by atoms with Gasteiger partial charge in [-0.15, -0.1) is 0 Å². The summed E-state index contributed by atoms with van der Waals surface area (Å²) < 4.78 is 12.1. The minimum absolute atomic E-state index is 0.0724. The van der Waals surface area contributed by atoms with Gasteiger partial charge in [0.1, 0.15) is 0 Å². The lowest BCUT2D eigenvalue weighted by molar-refractivity contribution is 0.0700. The second kappa shape index (κ2) is 8.34. The van der Waals surface area contributed by atoms with Gasteiger partial charge in [0.15, 0.2) is 17.3 Å². The van der Waals surface area contributed by atoms with Gasteiger partial charge >= 0.3 is 5.76 Å². The van der Waals surface area contributed by atoms with Crippen molar-refractivity contribution in [3.63, 3.8) is 0 Å². The zero-order valence-electron chi connectivity index (χ0n) is 16.2. The first-order valence-corrected chi connectivity index (χ1v) is 9.78. The Kier molecular flexibility index (Phi) is 5.46.